The summed E-state index contributed by atoms with van der Waals surface area (Å²) in [7, 11) is 0. The standard InChI is InChI=1S/C10H16O/c11-7-3-6-10-8-4-1-2-5-9(8)10/h3,6,8-11H,1-2,4-5,7H2/b6-3+/t8-,9+,10?. The van der Waals surface area contributed by atoms with Crippen LogP contribution in [0.1, 0.15) is 25.7 Å². The van der Waals surface area contributed by atoms with Gasteiger partial charge in [0.15, 0.2) is 0 Å². The lowest BCUT2D eigenvalue weighted by Gasteiger charge is -2.04. The van der Waals surface area contributed by atoms with E-state index in [0.717, 1.165) is 17.8 Å². The highest BCUT2D eigenvalue weighted by Crippen LogP contribution is 2.55. The highest BCUT2D eigenvalue weighted by Gasteiger charge is 2.48. The number of allylic oxidation sites excluding steroid dienone is 1. The Bertz CT molecular complexity index is 150. The molecular weight excluding hydrogens is 136 g/mol. The van der Waals surface area contributed by atoms with E-state index in [0.29, 0.717) is 0 Å². The molecule has 11 heavy (non-hydrogen) atoms. The molecule has 1 nitrogen and oxygen atoms in total. The third kappa shape index (κ3) is 1.34. The first-order chi connectivity index (χ1) is 5.43. The van der Waals surface area contributed by atoms with Gasteiger partial charge in [0.25, 0.3) is 0 Å². The van der Waals surface area contributed by atoms with E-state index in [4.69, 9.17) is 5.11 Å². The van der Waals surface area contributed by atoms with Crippen molar-refractivity contribution in [2.75, 3.05) is 6.61 Å². The Balaban J connectivity index is 1.85. The molecule has 0 spiro atoms. The summed E-state index contributed by atoms with van der Waals surface area (Å²) in [6.45, 7) is 0.218. The van der Waals surface area contributed by atoms with Gasteiger partial charge in [0.05, 0.1) is 6.61 Å². The minimum absolute atomic E-state index is 0.218. The third-order valence-electron chi connectivity index (χ3n) is 3.19. The minimum Gasteiger partial charge on any atom is -0.392 e. The number of fused-ring (bicyclic) bond motifs is 1. The summed E-state index contributed by atoms with van der Waals surface area (Å²) in [6, 6.07) is 0. The lowest BCUT2D eigenvalue weighted by atomic mass is 10.0. The van der Waals surface area contributed by atoms with Crippen LogP contribution in [-0.2, 0) is 0 Å². The summed E-state index contributed by atoms with van der Waals surface area (Å²) in [5, 5.41) is 8.59. The number of aliphatic hydroxyl groups excluding tert-OH is 1. The van der Waals surface area contributed by atoms with Crippen LogP contribution in [0.3, 0.4) is 0 Å². The third-order valence-corrected chi connectivity index (χ3v) is 3.19. The van der Waals surface area contributed by atoms with E-state index in [1.54, 1.807) is 0 Å². The smallest absolute Gasteiger partial charge is 0.0612 e. The van der Waals surface area contributed by atoms with Gasteiger partial charge < -0.3 is 5.11 Å². The molecule has 0 amide bonds. The van der Waals surface area contributed by atoms with Gasteiger partial charge in [0.1, 0.15) is 0 Å². The molecule has 0 radical (unpaired) electrons. The summed E-state index contributed by atoms with van der Waals surface area (Å²) < 4.78 is 0. The van der Waals surface area contributed by atoms with Gasteiger partial charge in [-0.1, -0.05) is 25.0 Å². The van der Waals surface area contributed by atoms with Gasteiger partial charge in [-0.2, -0.15) is 0 Å². The molecule has 0 aromatic carbocycles. The van der Waals surface area contributed by atoms with E-state index in [9.17, 15) is 0 Å². The fourth-order valence-electron chi connectivity index (χ4n) is 2.55. The Morgan fingerprint density at radius 3 is 2.36 bits per heavy atom. The van der Waals surface area contributed by atoms with Crippen LogP contribution < -0.4 is 0 Å². The van der Waals surface area contributed by atoms with E-state index in [-0.39, 0.29) is 6.61 Å². The molecule has 1 N–H and O–H groups in total. The van der Waals surface area contributed by atoms with Gasteiger partial charge in [-0.25, -0.2) is 0 Å². The Hall–Kier alpha value is -0.300. The van der Waals surface area contributed by atoms with E-state index >= 15 is 0 Å². The highest BCUT2D eigenvalue weighted by atomic mass is 16.2. The lowest BCUT2D eigenvalue weighted by molar-refractivity contribution is 0.342. The van der Waals surface area contributed by atoms with Crippen LogP contribution in [0.2, 0.25) is 0 Å². The van der Waals surface area contributed by atoms with Crippen molar-refractivity contribution >= 4 is 0 Å². The van der Waals surface area contributed by atoms with Crippen molar-refractivity contribution < 1.29 is 5.11 Å². The number of hydrogen-bond donors (Lipinski definition) is 1. The molecule has 3 atom stereocenters. The summed E-state index contributed by atoms with van der Waals surface area (Å²) in [4.78, 5) is 0. The molecule has 0 aromatic rings. The van der Waals surface area contributed by atoms with Crippen LogP contribution in [0, 0.1) is 17.8 Å². The van der Waals surface area contributed by atoms with Crippen LogP contribution in [0.4, 0.5) is 0 Å². The number of aliphatic hydroxyl groups is 1. The SMILES string of the molecule is OC/C=C/C1[C@H]2CCCC[C@@H]12. The molecule has 0 bridgehead atoms. The van der Waals surface area contributed by atoms with Crippen molar-refractivity contribution in [3.63, 3.8) is 0 Å². The predicted octanol–water partition coefficient (Wildman–Crippen LogP) is 1.97. The molecule has 0 heterocycles. The molecule has 0 aromatic heterocycles. The summed E-state index contributed by atoms with van der Waals surface area (Å²) >= 11 is 0. The molecular formula is C10H16O. The lowest BCUT2D eigenvalue weighted by Crippen LogP contribution is -1.91. The molecule has 62 valence electrons. The van der Waals surface area contributed by atoms with Crippen LogP contribution in [0.15, 0.2) is 12.2 Å². The van der Waals surface area contributed by atoms with E-state index in [1.165, 1.54) is 25.7 Å². The van der Waals surface area contributed by atoms with Gasteiger partial charge in [-0.05, 0) is 30.6 Å². The van der Waals surface area contributed by atoms with Crippen LogP contribution >= 0.6 is 0 Å². The molecule has 1 heteroatoms. The van der Waals surface area contributed by atoms with Crippen molar-refractivity contribution in [2.45, 2.75) is 25.7 Å². The van der Waals surface area contributed by atoms with Crippen LogP contribution in [-0.4, -0.2) is 11.7 Å². The summed E-state index contributed by atoms with van der Waals surface area (Å²) in [5.41, 5.74) is 0. The Labute approximate surface area is 68.1 Å². The second-order valence-corrected chi connectivity index (χ2v) is 3.80. The van der Waals surface area contributed by atoms with Crippen molar-refractivity contribution in [1.29, 1.82) is 0 Å². The monoisotopic (exact) mass is 152 g/mol. The number of hydrogen-bond acceptors (Lipinski definition) is 1. The van der Waals surface area contributed by atoms with Gasteiger partial charge >= 0.3 is 0 Å². The molecule has 1 unspecified atom stereocenters. The van der Waals surface area contributed by atoms with Crippen molar-refractivity contribution in [1.82, 2.24) is 0 Å². The first kappa shape index (κ1) is 7.35. The largest absolute Gasteiger partial charge is 0.392 e. The Morgan fingerprint density at radius 2 is 1.82 bits per heavy atom. The predicted molar refractivity (Wildman–Crippen MR) is 45.2 cm³/mol. The minimum atomic E-state index is 0.218. The average Bonchev–Trinajstić information content (AvgIpc) is 2.75. The number of rotatable bonds is 2. The molecule has 2 saturated carbocycles. The first-order valence-corrected chi connectivity index (χ1v) is 4.71. The maximum atomic E-state index is 8.59. The summed E-state index contributed by atoms with van der Waals surface area (Å²) in [5.74, 6) is 2.82. The maximum absolute atomic E-state index is 8.59. The van der Waals surface area contributed by atoms with Gasteiger partial charge in [0.2, 0.25) is 0 Å². The Kier molecular flexibility index (Phi) is 1.99. The summed E-state index contributed by atoms with van der Waals surface area (Å²) in [6.07, 6.45) is 9.87. The molecule has 2 fully saturated rings. The molecule has 2 aliphatic rings. The van der Waals surface area contributed by atoms with Gasteiger partial charge in [0, 0.05) is 0 Å². The average molecular weight is 152 g/mol. The normalized spacial score (nSPS) is 42.5. The second-order valence-electron chi connectivity index (χ2n) is 3.80. The molecule has 0 aliphatic heterocycles. The zero-order valence-corrected chi connectivity index (χ0v) is 6.87. The fraction of sp³-hybridized carbons (Fsp3) is 0.800. The van der Waals surface area contributed by atoms with E-state index < -0.39 is 0 Å². The van der Waals surface area contributed by atoms with Crippen molar-refractivity contribution in [2.24, 2.45) is 17.8 Å². The van der Waals surface area contributed by atoms with Crippen molar-refractivity contribution in [3.8, 4) is 0 Å². The zero-order chi connectivity index (χ0) is 7.68. The maximum Gasteiger partial charge on any atom is 0.0612 e. The van der Waals surface area contributed by atoms with Crippen molar-refractivity contribution in [3.05, 3.63) is 12.2 Å². The highest BCUT2D eigenvalue weighted by molar-refractivity contribution is 5.09. The molecule has 2 aliphatic carbocycles. The fourth-order valence-corrected chi connectivity index (χ4v) is 2.55. The molecule has 0 saturated heterocycles. The topological polar surface area (TPSA) is 20.2 Å². The zero-order valence-electron chi connectivity index (χ0n) is 6.87. The van der Waals surface area contributed by atoms with Crippen LogP contribution in [0.25, 0.3) is 0 Å². The van der Waals surface area contributed by atoms with E-state index in [1.807, 2.05) is 6.08 Å². The first-order valence-electron chi connectivity index (χ1n) is 4.71. The van der Waals surface area contributed by atoms with E-state index in [2.05, 4.69) is 6.08 Å². The Morgan fingerprint density at radius 1 is 1.18 bits per heavy atom. The quantitative estimate of drug-likeness (QED) is 0.600. The van der Waals surface area contributed by atoms with Gasteiger partial charge in [-0.3, -0.25) is 0 Å². The second kappa shape index (κ2) is 2.98. The van der Waals surface area contributed by atoms with Crippen LogP contribution in [0.5, 0.6) is 0 Å². The molecule has 2 rings (SSSR count). The van der Waals surface area contributed by atoms with Gasteiger partial charge in [-0.15, -0.1) is 0 Å².